The van der Waals surface area contributed by atoms with Crippen molar-refractivity contribution in [2.75, 3.05) is 7.11 Å². The molecular formula is C12H17F3O5S. The molecule has 0 aromatic heterocycles. The zero-order valence-electron chi connectivity index (χ0n) is 11.7. The summed E-state index contributed by atoms with van der Waals surface area (Å²) in [5.74, 6) is -0.769. The molecule has 122 valence electrons. The summed E-state index contributed by atoms with van der Waals surface area (Å²) in [4.78, 5) is 11.2. The highest BCUT2D eigenvalue weighted by atomic mass is 32.2. The van der Waals surface area contributed by atoms with E-state index < -0.39 is 27.0 Å². The Morgan fingerprint density at radius 1 is 1.43 bits per heavy atom. The molecule has 1 aliphatic rings. The van der Waals surface area contributed by atoms with Crippen LogP contribution in [0.2, 0.25) is 0 Å². The minimum absolute atomic E-state index is 0.0280. The van der Waals surface area contributed by atoms with Crippen LogP contribution in [0.1, 0.15) is 39.0 Å². The lowest BCUT2D eigenvalue weighted by atomic mass is 9.75. The summed E-state index contributed by atoms with van der Waals surface area (Å²) in [6.45, 7) is 1.58. The third kappa shape index (κ3) is 4.36. The first kappa shape index (κ1) is 17.8. The molecule has 5 nitrogen and oxygen atoms in total. The molecule has 0 saturated carbocycles. The molecule has 0 saturated heterocycles. The second-order valence-corrected chi connectivity index (χ2v) is 6.62. The lowest BCUT2D eigenvalue weighted by Gasteiger charge is -2.34. The van der Waals surface area contributed by atoms with Crippen LogP contribution in [0.4, 0.5) is 13.2 Å². The smallest absolute Gasteiger partial charge is 0.469 e. The van der Waals surface area contributed by atoms with Crippen molar-refractivity contribution in [1.29, 1.82) is 0 Å². The van der Waals surface area contributed by atoms with Gasteiger partial charge in [-0.15, -0.1) is 0 Å². The van der Waals surface area contributed by atoms with Gasteiger partial charge in [-0.3, -0.25) is 4.79 Å². The van der Waals surface area contributed by atoms with E-state index >= 15 is 0 Å². The molecule has 1 rings (SSSR count). The molecule has 0 N–H and O–H groups in total. The van der Waals surface area contributed by atoms with E-state index in [9.17, 15) is 26.4 Å². The highest BCUT2D eigenvalue weighted by molar-refractivity contribution is 7.87. The van der Waals surface area contributed by atoms with E-state index in [2.05, 4.69) is 8.92 Å². The molecule has 0 radical (unpaired) electrons. The van der Waals surface area contributed by atoms with E-state index in [0.29, 0.717) is 19.3 Å². The van der Waals surface area contributed by atoms with Crippen LogP contribution >= 0.6 is 0 Å². The van der Waals surface area contributed by atoms with Gasteiger partial charge < -0.3 is 8.92 Å². The fraction of sp³-hybridized carbons (Fsp3) is 0.750. The zero-order chi connectivity index (χ0) is 16.3. The van der Waals surface area contributed by atoms with Gasteiger partial charge in [-0.05, 0) is 31.8 Å². The van der Waals surface area contributed by atoms with Gasteiger partial charge in [-0.25, -0.2) is 0 Å². The van der Waals surface area contributed by atoms with E-state index in [1.54, 1.807) is 6.92 Å². The van der Waals surface area contributed by atoms with Crippen LogP contribution in [0.15, 0.2) is 11.8 Å². The molecule has 0 aliphatic heterocycles. The van der Waals surface area contributed by atoms with Gasteiger partial charge in [0.25, 0.3) is 0 Å². The Hall–Kier alpha value is -1.25. The third-order valence-electron chi connectivity index (χ3n) is 3.45. The van der Waals surface area contributed by atoms with Crippen LogP contribution < -0.4 is 0 Å². The van der Waals surface area contributed by atoms with Gasteiger partial charge in [0, 0.05) is 11.8 Å². The van der Waals surface area contributed by atoms with Gasteiger partial charge in [0.2, 0.25) is 0 Å². The summed E-state index contributed by atoms with van der Waals surface area (Å²) in [5, 5.41) is 0. The van der Waals surface area contributed by atoms with Crippen molar-refractivity contribution in [3.05, 3.63) is 11.8 Å². The number of rotatable bonds is 5. The maximum Gasteiger partial charge on any atom is 0.534 e. The molecule has 0 aromatic rings. The van der Waals surface area contributed by atoms with E-state index in [4.69, 9.17) is 0 Å². The number of methoxy groups -OCH3 is 1. The van der Waals surface area contributed by atoms with Crippen molar-refractivity contribution in [1.82, 2.24) is 0 Å². The van der Waals surface area contributed by atoms with E-state index in [1.165, 1.54) is 13.2 Å². The van der Waals surface area contributed by atoms with Crippen molar-refractivity contribution in [2.45, 2.75) is 44.5 Å². The first-order chi connectivity index (χ1) is 9.52. The summed E-state index contributed by atoms with van der Waals surface area (Å²) in [7, 11) is -4.50. The first-order valence-corrected chi connectivity index (χ1v) is 7.71. The van der Waals surface area contributed by atoms with Crippen LogP contribution in [0.25, 0.3) is 0 Å². The van der Waals surface area contributed by atoms with Gasteiger partial charge in [0.15, 0.2) is 0 Å². The quantitative estimate of drug-likeness (QED) is 0.440. The largest absolute Gasteiger partial charge is 0.534 e. The molecule has 0 fully saturated rings. The number of allylic oxidation sites excluding steroid dienone is 2. The fourth-order valence-corrected chi connectivity index (χ4v) is 2.72. The number of hydrogen-bond acceptors (Lipinski definition) is 5. The summed E-state index contributed by atoms with van der Waals surface area (Å²) in [6.07, 6.45) is 3.00. The van der Waals surface area contributed by atoms with Gasteiger partial charge in [-0.1, -0.05) is 6.92 Å². The Morgan fingerprint density at radius 2 is 2.05 bits per heavy atom. The Labute approximate surface area is 121 Å². The lowest BCUT2D eigenvalue weighted by Crippen LogP contribution is -2.31. The number of hydrogen-bond donors (Lipinski definition) is 0. The van der Waals surface area contributed by atoms with Gasteiger partial charge >= 0.3 is 21.6 Å². The van der Waals surface area contributed by atoms with Crippen molar-refractivity contribution < 1.29 is 35.3 Å². The molecule has 0 amide bonds. The molecule has 0 aromatic carbocycles. The summed E-state index contributed by atoms with van der Waals surface area (Å²) >= 11 is 0. The molecule has 0 bridgehead atoms. The third-order valence-corrected chi connectivity index (χ3v) is 4.41. The van der Waals surface area contributed by atoms with E-state index in [0.717, 1.165) is 0 Å². The molecular weight excluding hydrogens is 313 g/mol. The maximum absolute atomic E-state index is 12.4. The van der Waals surface area contributed by atoms with Crippen LogP contribution in [-0.4, -0.2) is 27.0 Å². The lowest BCUT2D eigenvalue weighted by molar-refractivity contribution is -0.141. The highest BCUT2D eigenvalue weighted by Crippen LogP contribution is 2.43. The molecule has 1 atom stereocenters. The normalized spacial score (nSPS) is 23.4. The Balaban J connectivity index is 2.92. The zero-order valence-corrected chi connectivity index (χ0v) is 12.5. The molecule has 0 heterocycles. The van der Waals surface area contributed by atoms with Crippen molar-refractivity contribution >= 4 is 16.1 Å². The van der Waals surface area contributed by atoms with Crippen molar-refractivity contribution in [3.63, 3.8) is 0 Å². The number of ether oxygens (including phenoxy) is 1. The Morgan fingerprint density at radius 3 is 2.57 bits per heavy atom. The minimum atomic E-state index is -5.70. The van der Waals surface area contributed by atoms with Crippen LogP contribution in [0.3, 0.4) is 0 Å². The van der Waals surface area contributed by atoms with Crippen LogP contribution in [-0.2, 0) is 23.8 Å². The second kappa shape index (κ2) is 6.25. The van der Waals surface area contributed by atoms with Crippen molar-refractivity contribution in [2.24, 2.45) is 5.41 Å². The SMILES string of the molecule is COC(=O)CC[C@@]1(C)CCCC=C1OS(=O)(=O)C(F)(F)F. The number of carbonyl (C=O) groups is 1. The minimum Gasteiger partial charge on any atom is -0.469 e. The molecule has 9 heteroatoms. The standard InChI is InChI=1S/C12H17F3O5S/c1-11(8-6-10(16)19-2)7-4-3-5-9(11)20-21(17,18)12(13,14)15/h5H,3-4,6-8H2,1-2H3/t11-/m1/s1. The predicted molar refractivity (Wildman–Crippen MR) is 67.4 cm³/mol. The van der Waals surface area contributed by atoms with E-state index in [1.807, 2.05) is 0 Å². The Bertz CT molecular complexity index is 524. The van der Waals surface area contributed by atoms with Gasteiger partial charge in [0.05, 0.1) is 7.11 Å². The summed E-state index contributed by atoms with van der Waals surface area (Å²) < 4.78 is 68.2. The monoisotopic (exact) mass is 330 g/mol. The van der Waals surface area contributed by atoms with Crippen molar-refractivity contribution in [3.8, 4) is 0 Å². The molecule has 1 aliphatic carbocycles. The maximum atomic E-state index is 12.4. The van der Waals surface area contributed by atoms with E-state index in [-0.39, 0.29) is 18.6 Å². The number of esters is 1. The predicted octanol–water partition coefficient (Wildman–Crippen LogP) is 2.88. The summed E-state index contributed by atoms with van der Waals surface area (Å²) in [6, 6.07) is 0. The number of halogens is 3. The van der Waals surface area contributed by atoms with Crippen LogP contribution in [0.5, 0.6) is 0 Å². The average molecular weight is 330 g/mol. The van der Waals surface area contributed by atoms with Gasteiger partial charge in [0.1, 0.15) is 5.76 Å². The molecule has 21 heavy (non-hydrogen) atoms. The second-order valence-electron chi connectivity index (χ2n) is 5.08. The topological polar surface area (TPSA) is 69.7 Å². The fourth-order valence-electron chi connectivity index (χ4n) is 2.12. The highest BCUT2D eigenvalue weighted by Gasteiger charge is 2.50. The summed E-state index contributed by atoms with van der Waals surface area (Å²) in [5.41, 5.74) is -6.42. The van der Waals surface area contributed by atoms with Gasteiger partial charge in [-0.2, -0.15) is 21.6 Å². The average Bonchev–Trinajstić information content (AvgIpc) is 2.37. The van der Waals surface area contributed by atoms with Crippen LogP contribution in [0, 0.1) is 5.41 Å². The number of carbonyl (C=O) groups excluding carboxylic acids is 1. The Kier molecular flexibility index (Phi) is 5.30. The first-order valence-electron chi connectivity index (χ1n) is 6.30. The molecule has 0 spiro atoms. The number of alkyl halides is 3. The molecule has 0 unspecified atom stereocenters.